The Morgan fingerprint density at radius 1 is 0.958 bits per heavy atom. The number of rotatable bonds is 11. The number of thioether (sulfide) groups is 1. The molecule has 0 spiro atoms. The maximum Gasteiger partial charge on any atom is 0.253 e. The van der Waals surface area contributed by atoms with Gasteiger partial charge in [-0.05, 0) is 79.4 Å². The molecule has 0 bridgehead atoms. The first-order valence-corrected chi connectivity index (χ1v) is 18.1. The summed E-state index contributed by atoms with van der Waals surface area (Å²) >= 11 is 1.25. The molecule has 1 aromatic heterocycles. The zero-order valence-electron chi connectivity index (χ0n) is 27.0. The highest BCUT2D eigenvalue weighted by Gasteiger charge is 2.33. The molecule has 3 heterocycles. The lowest BCUT2D eigenvalue weighted by Gasteiger charge is -2.22. The van der Waals surface area contributed by atoms with Gasteiger partial charge < -0.3 is 14.6 Å². The molecule has 1 N–H and O–H groups in total. The largest absolute Gasteiger partial charge is 0.497 e. The third kappa shape index (κ3) is 7.15. The topological polar surface area (TPSA) is 139 Å². The number of hydrogen-bond acceptors (Lipinski definition) is 9. The molecule has 2 aliphatic heterocycles. The summed E-state index contributed by atoms with van der Waals surface area (Å²) in [4.78, 5) is 26.6. The second-order valence-electron chi connectivity index (χ2n) is 11.7. The fourth-order valence-electron chi connectivity index (χ4n) is 5.68. The van der Waals surface area contributed by atoms with Crippen molar-refractivity contribution in [3.8, 4) is 5.75 Å². The normalized spacial score (nSPS) is 16.6. The molecule has 2 aliphatic rings. The Morgan fingerprint density at radius 3 is 2.31 bits per heavy atom. The highest BCUT2D eigenvalue weighted by molar-refractivity contribution is 7.99. The van der Waals surface area contributed by atoms with Crippen molar-refractivity contribution in [3.63, 3.8) is 0 Å². The fourth-order valence-corrected chi connectivity index (χ4v) is 7.98. The van der Waals surface area contributed by atoms with E-state index in [0.29, 0.717) is 36.1 Å². The number of benzene rings is 3. The van der Waals surface area contributed by atoms with E-state index in [9.17, 15) is 18.0 Å². The molecule has 6 rings (SSSR count). The number of nitrogens with zero attached hydrogens (tertiary/aromatic N) is 6. The maximum absolute atomic E-state index is 13.6. The summed E-state index contributed by atoms with van der Waals surface area (Å²) in [5.74, 6) is 0.813. The Hall–Kier alpha value is -4.53. The molecule has 3 aromatic carbocycles. The van der Waals surface area contributed by atoms with Crippen molar-refractivity contribution in [3.05, 3.63) is 101 Å². The van der Waals surface area contributed by atoms with Crippen LogP contribution in [0.4, 0.5) is 0 Å². The molecule has 1 fully saturated rings. The number of ether oxygens (including phenoxy) is 1. The Morgan fingerprint density at radius 2 is 1.65 bits per heavy atom. The molecular weight excluding hydrogens is 651 g/mol. The molecule has 1 saturated heterocycles. The maximum atomic E-state index is 13.6. The molecule has 1 atom stereocenters. The number of hydrogen-bond donors (Lipinski definition) is 1. The second-order valence-corrected chi connectivity index (χ2v) is 14.6. The number of carbonyl (C=O) groups is 2. The molecule has 48 heavy (non-hydrogen) atoms. The van der Waals surface area contributed by atoms with E-state index in [1.807, 2.05) is 55.5 Å². The second kappa shape index (κ2) is 14.3. The van der Waals surface area contributed by atoms with Crippen LogP contribution in [0.15, 0.2) is 87.9 Å². The number of aromatic nitrogens is 3. The van der Waals surface area contributed by atoms with Gasteiger partial charge in [-0.25, -0.2) is 13.4 Å². The van der Waals surface area contributed by atoms with E-state index in [2.05, 4.69) is 15.5 Å². The smallest absolute Gasteiger partial charge is 0.253 e. The van der Waals surface area contributed by atoms with Gasteiger partial charge >= 0.3 is 0 Å². The van der Waals surface area contributed by atoms with Crippen molar-refractivity contribution in [1.29, 1.82) is 0 Å². The molecule has 0 radical (unpaired) electrons. The number of nitrogens with one attached hydrogen (secondary N) is 1. The molecule has 0 unspecified atom stereocenters. The SMILES string of the molecule is COc1ccc(C2=NN(C(=O)CSc3nnc(CNC(=O)c4ccc(S(=O)(=O)N5CCCC5)cc4)n3C)[C@@H](c3ccc(C)cc3)C2)cc1. The third-order valence-corrected chi connectivity index (χ3v) is 11.4. The zero-order chi connectivity index (χ0) is 33.8. The standard InChI is InChI=1S/C34H37N7O5S2/c1-23-6-8-25(9-7-23)30-20-29(24-10-14-27(46-3)15-11-24)38-41(30)32(42)22-47-34-37-36-31(39(34)2)21-35-33(43)26-12-16-28(17-13-26)48(44,45)40-18-4-5-19-40/h6-17,30H,4-5,18-22H2,1-3H3,(H,35,43)/t30-/m1/s1. The van der Waals surface area contributed by atoms with Gasteiger partial charge in [0.2, 0.25) is 10.0 Å². The average Bonchev–Trinajstić information content (AvgIpc) is 3.88. The van der Waals surface area contributed by atoms with E-state index >= 15 is 0 Å². The zero-order valence-corrected chi connectivity index (χ0v) is 28.6. The van der Waals surface area contributed by atoms with Crippen molar-refractivity contribution >= 4 is 39.3 Å². The summed E-state index contributed by atoms with van der Waals surface area (Å²) < 4.78 is 34.1. The van der Waals surface area contributed by atoms with Crippen LogP contribution in [-0.2, 0) is 28.4 Å². The van der Waals surface area contributed by atoms with Gasteiger partial charge in [0.15, 0.2) is 11.0 Å². The lowest BCUT2D eigenvalue weighted by molar-refractivity contribution is -0.130. The molecule has 2 amide bonds. The summed E-state index contributed by atoms with van der Waals surface area (Å²) in [5.41, 5.74) is 4.23. The first-order valence-electron chi connectivity index (χ1n) is 15.6. The molecular formula is C34H37N7O5S2. The van der Waals surface area contributed by atoms with Crippen LogP contribution in [0.3, 0.4) is 0 Å². The predicted octanol–water partition coefficient (Wildman–Crippen LogP) is 4.32. The highest BCUT2D eigenvalue weighted by Crippen LogP contribution is 2.34. The molecule has 4 aromatic rings. The minimum absolute atomic E-state index is 0.0901. The van der Waals surface area contributed by atoms with E-state index in [0.717, 1.165) is 41.0 Å². The predicted molar refractivity (Wildman–Crippen MR) is 182 cm³/mol. The first-order chi connectivity index (χ1) is 23.1. The van der Waals surface area contributed by atoms with Gasteiger partial charge in [0.25, 0.3) is 11.8 Å². The minimum atomic E-state index is -3.55. The quantitative estimate of drug-likeness (QED) is 0.230. The monoisotopic (exact) mass is 687 g/mol. The van der Waals surface area contributed by atoms with Crippen LogP contribution < -0.4 is 10.1 Å². The molecule has 0 aliphatic carbocycles. The van der Waals surface area contributed by atoms with Gasteiger partial charge in [0.1, 0.15) is 5.75 Å². The Balaban J connectivity index is 1.08. The number of hydrazone groups is 1. The van der Waals surface area contributed by atoms with Crippen LogP contribution in [0, 0.1) is 6.92 Å². The van der Waals surface area contributed by atoms with E-state index in [1.165, 1.54) is 40.3 Å². The van der Waals surface area contributed by atoms with Crippen molar-refractivity contribution < 1.29 is 22.7 Å². The number of sulfonamides is 1. The first kappa shape index (κ1) is 33.4. The fraction of sp³-hybridized carbons (Fsp3) is 0.324. The number of carbonyl (C=O) groups excluding carboxylic acids is 2. The molecule has 12 nitrogen and oxygen atoms in total. The van der Waals surface area contributed by atoms with E-state index in [1.54, 1.807) is 23.7 Å². The van der Waals surface area contributed by atoms with Crippen molar-refractivity contribution in [2.24, 2.45) is 12.1 Å². The number of amides is 2. The van der Waals surface area contributed by atoms with Gasteiger partial charge in [-0.2, -0.15) is 9.41 Å². The summed E-state index contributed by atoms with van der Waals surface area (Å²) in [7, 11) is -0.157. The third-order valence-electron chi connectivity index (χ3n) is 8.53. The van der Waals surface area contributed by atoms with E-state index in [-0.39, 0.29) is 35.0 Å². The van der Waals surface area contributed by atoms with Crippen molar-refractivity contribution in [2.75, 3.05) is 26.0 Å². The van der Waals surface area contributed by atoms with Gasteiger partial charge in [-0.1, -0.05) is 41.6 Å². The van der Waals surface area contributed by atoms with Gasteiger partial charge in [0.05, 0.1) is 36.1 Å². The van der Waals surface area contributed by atoms with Crippen molar-refractivity contribution in [1.82, 2.24) is 29.4 Å². The summed E-state index contributed by atoms with van der Waals surface area (Å²) in [6, 6.07) is 21.5. The molecule has 0 saturated carbocycles. The number of aryl methyl sites for hydroxylation is 1. The van der Waals surface area contributed by atoms with E-state index < -0.39 is 10.0 Å². The lowest BCUT2D eigenvalue weighted by atomic mass is 9.97. The van der Waals surface area contributed by atoms with Crippen molar-refractivity contribution in [2.45, 2.75) is 48.8 Å². The lowest BCUT2D eigenvalue weighted by Crippen LogP contribution is -2.28. The van der Waals surface area contributed by atoms with Gasteiger partial charge in [-0.3, -0.25) is 9.59 Å². The van der Waals surface area contributed by atoms with Crippen LogP contribution in [-0.4, -0.2) is 76.0 Å². The summed E-state index contributed by atoms with van der Waals surface area (Å²) in [6.45, 7) is 3.16. The van der Waals surface area contributed by atoms with Crippen LogP contribution in [0.2, 0.25) is 0 Å². The van der Waals surface area contributed by atoms with Gasteiger partial charge in [0, 0.05) is 32.1 Å². The average molecular weight is 688 g/mol. The van der Waals surface area contributed by atoms with Crippen LogP contribution in [0.1, 0.15) is 58.2 Å². The Labute approximate surface area is 284 Å². The summed E-state index contributed by atoms with van der Waals surface area (Å²) in [6.07, 6.45) is 2.29. The minimum Gasteiger partial charge on any atom is -0.497 e. The highest BCUT2D eigenvalue weighted by atomic mass is 32.2. The van der Waals surface area contributed by atoms with Crippen LogP contribution in [0.25, 0.3) is 0 Å². The van der Waals surface area contributed by atoms with Crippen LogP contribution in [0.5, 0.6) is 5.75 Å². The summed E-state index contributed by atoms with van der Waals surface area (Å²) in [5, 5.41) is 18.1. The molecule has 250 valence electrons. The van der Waals surface area contributed by atoms with Crippen LogP contribution >= 0.6 is 11.8 Å². The van der Waals surface area contributed by atoms with E-state index in [4.69, 9.17) is 9.84 Å². The Kier molecular flexibility index (Phi) is 9.94. The Bertz CT molecular complexity index is 1920. The van der Waals surface area contributed by atoms with Gasteiger partial charge in [-0.15, -0.1) is 10.2 Å². The molecule has 14 heteroatoms. The number of methoxy groups -OCH3 is 1.